The Morgan fingerprint density at radius 3 is 2.88 bits per heavy atom. The molecule has 2 aromatic rings. The first-order valence-electron chi connectivity index (χ1n) is 9.05. The number of carbonyl (C=O) groups excluding carboxylic acids is 1. The van der Waals surface area contributed by atoms with Crippen LogP contribution in [0.4, 0.5) is 0 Å². The number of aromatic nitrogens is 2. The van der Waals surface area contributed by atoms with Crippen LogP contribution in [0, 0.1) is 0 Å². The number of rotatable bonds is 4. The summed E-state index contributed by atoms with van der Waals surface area (Å²) in [4.78, 5) is 15.3. The van der Waals surface area contributed by atoms with E-state index >= 15 is 0 Å². The van der Waals surface area contributed by atoms with E-state index in [1.54, 1.807) is 0 Å². The Balaban J connectivity index is 1.64. The van der Waals surface area contributed by atoms with Crippen LogP contribution in [0.1, 0.15) is 53.0 Å². The van der Waals surface area contributed by atoms with Gasteiger partial charge in [0.1, 0.15) is 0 Å². The number of hydrogen-bond acceptors (Lipinski definition) is 3. The van der Waals surface area contributed by atoms with Gasteiger partial charge in [-0.2, -0.15) is 5.10 Å². The first kappa shape index (κ1) is 16.6. The van der Waals surface area contributed by atoms with Gasteiger partial charge in [-0.15, -0.1) is 0 Å². The molecule has 0 atom stereocenters. The molecule has 6 heteroatoms. The van der Waals surface area contributed by atoms with Gasteiger partial charge in [0.25, 0.3) is 5.91 Å². The zero-order valence-electron chi connectivity index (χ0n) is 14.2. The van der Waals surface area contributed by atoms with Gasteiger partial charge in [-0.25, -0.2) is 0 Å². The molecule has 0 unspecified atom stereocenters. The Labute approximate surface area is 152 Å². The lowest BCUT2D eigenvalue weighted by Crippen LogP contribution is -2.39. The molecule has 1 fully saturated rings. The molecular weight excluding hydrogens is 336 g/mol. The van der Waals surface area contributed by atoms with Crippen molar-refractivity contribution in [1.29, 1.82) is 0 Å². The van der Waals surface area contributed by atoms with Gasteiger partial charge in [-0.1, -0.05) is 42.6 Å². The highest BCUT2D eigenvalue weighted by Gasteiger charge is 2.31. The van der Waals surface area contributed by atoms with Crippen molar-refractivity contribution in [2.75, 3.05) is 6.54 Å². The van der Waals surface area contributed by atoms with Crippen molar-refractivity contribution in [3.05, 3.63) is 51.8 Å². The van der Waals surface area contributed by atoms with Gasteiger partial charge < -0.3 is 10.2 Å². The van der Waals surface area contributed by atoms with Gasteiger partial charge in [0.2, 0.25) is 0 Å². The minimum atomic E-state index is 0.0213. The van der Waals surface area contributed by atoms with E-state index in [2.05, 4.69) is 15.5 Å². The molecule has 1 aliphatic carbocycles. The van der Waals surface area contributed by atoms with E-state index in [0.29, 0.717) is 23.8 Å². The van der Waals surface area contributed by atoms with Crippen LogP contribution in [-0.4, -0.2) is 33.6 Å². The van der Waals surface area contributed by atoms with E-state index in [-0.39, 0.29) is 11.9 Å². The molecule has 0 radical (unpaired) electrons. The van der Waals surface area contributed by atoms with Gasteiger partial charge in [-0.3, -0.25) is 9.89 Å². The monoisotopic (exact) mass is 358 g/mol. The van der Waals surface area contributed by atoms with Crippen molar-refractivity contribution < 1.29 is 4.79 Å². The molecule has 1 saturated carbocycles. The van der Waals surface area contributed by atoms with Gasteiger partial charge in [0.15, 0.2) is 5.69 Å². The molecule has 0 bridgehead atoms. The van der Waals surface area contributed by atoms with Crippen molar-refractivity contribution in [3.63, 3.8) is 0 Å². The average Bonchev–Trinajstić information content (AvgIpc) is 3.30. The molecule has 0 spiro atoms. The fourth-order valence-corrected chi connectivity index (χ4v) is 4.13. The van der Waals surface area contributed by atoms with E-state index in [0.717, 1.165) is 42.6 Å². The number of aromatic amines is 1. The molecule has 2 aliphatic rings. The second-order valence-electron chi connectivity index (χ2n) is 6.92. The Morgan fingerprint density at radius 2 is 2.08 bits per heavy atom. The first-order chi connectivity index (χ1) is 12.2. The topological polar surface area (TPSA) is 61.0 Å². The minimum absolute atomic E-state index is 0.0213. The third-order valence-corrected chi connectivity index (χ3v) is 5.70. The lowest BCUT2D eigenvalue weighted by Gasteiger charge is -2.29. The quantitative estimate of drug-likeness (QED) is 0.881. The van der Waals surface area contributed by atoms with Crippen molar-refractivity contribution in [2.24, 2.45) is 0 Å². The predicted octanol–water partition coefficient (Wildman–Crippen LogP) is 3.29. The lowest BCUT2D eigenvalue weighted by molar-refractivity contribution is 0.0657. The molecule has 2 heterocycles. The third-order valence-electron chi connectivity index (χ3n) is 5.33. The molecule has 2 N–H and O–H groups in total. The standard InChI is InChI=1S/C19H23ClN4O/c20-16-8-4-1-5-13(16)12-24(14-6-2-3-7-14)19(25)18-15-11-21-10-9-17(15)22-23-18/h1,4-5,8,14,21H,2-3,6-7,9-12H2,(H,22,23). The van der Waals surface area contributed by atoms with Crippen LogP contribution in [0.2, 0.25) is 5.02 Å². The van der Waals surface area contributed by atoms with Crippen LogP contribution in [0.5, 0.6) is 0 Å². The molecule has 5 nitrogen and oxygen atoms in total. The smallest absolute Gasteiger partial charge is 0.275 e. The van der Waals surface area contributed by atoms with Crippen LogP contribution >= 0.6 is 11.6 Å². The number of benzene rings is 1. The number of carbonyl (C=O) groups is 1. The van der Waals surface area contributed by atoms with Crippen molar-refractivity contribution in [2.45, 2.75) is 51.2 Å². The number of halogens is 1. The van der Waals surface area contributed by atoms with E-state index < -0.39 is 0 Å². The zero-order valence-corrected chi connectivity index (χ0v) is 15.0. The maximum Gasteiger partial charge on any atom is 0.275 e. The second-order valence-corrected chi connectivity index (χ2v) is 7.33. The van der Waals surface area contributed by atoms with Crippen LogP contribution < -0.4 is 5.32 Å². The average molecular weight is 359 g/mol. The predicted molar refractivity (Wildman–Crippen MR) is 97.6 cm³/mol. The summed E-state index contributed by atoms with van der Waals surface area (Å²) in [6, 6.07) is 8.04. The maximum atomic E-state index is 13.4. The molecule has 1 aliphatic heterocycles. The van der Waals surface area contributed by atoms with Crippen molar-refractivity contribution in [1.82, 2.24) is 20.4 Å². The van der Waals surface area contributed by atoms with Gasteiger partial charge in [0.05, 0.1) is 0 Å². The first-order valence-corrected chi connectivity index (χ1v) is 9.43. The minimum Gasteiger partial charge on any atom is -0.330 e. The summed E-state index contributed by atoms with van der Waals surface area (Å²) in [6.07, 6.45) is 5.36. The second kappa shape index (κ2) is 7.18. The summed E-state index contributed by atoms with van der Waals surface area (Å²) < 4.78 is 0. The number of nitrogens with zero attached hydrogens (tertiary/aromatic N) is 2. The largest absolute Gasteiger partial charge is 0.330 e. The summed E-state index contributed by atoms with van der Waals surface area (Å²) in [5, 5.41) is 11.5. The highest BCUT2D eigenvalue weighted by atomic mass is 35.5. The number of amides is 1. The van der Waals surface area contributed by atoms with E-state index in [1.807, 2.05) is 29.2 Å². The van der Waals surface area contributed by atoms with E-state index in [1.165, 1.54) is 12.8 Å². The number of fused-ring (bicyclic) bond motifs is 1. The van der Waals surface area contributed by atoms with Crippen LogP contribution in [0.15, 0.2) is 24.3 Å². The fraction of sp³-hybridized carbons (Fsp3) is 0.474. The molecule has 1 amide bonds. The van der Waals surface area contributed by atoms with Gasteiger partial charge >= 0.3 is 0 Å². The van der Waals surface area contributed by atoms with Crippen LogP contribution in [-0.2, 0) is 19.5 Å². The van der Waals surface area contributed by atoms with Gasteiger partial charge in [0, 0.05) is 48.4 Å². The molecular formula is C19H23ClN4O. The summed E-state index contributed by atoms with van der Waals surface area (Å²) >= 11 is 6.35. The SMILES string of the molecule is O=C(c1n[nH]c2c1CNCC2)N(Cc1ccccc1Cl)C1CCCC1. The highest BCUT2D eigenvalue weighted by Crippen LogP contribution is 2.29. The molecule has 0 saturated heterocycles. The number of H-pyrrole nitrogens is 1. The van der Waals surface area contributed by atoms with Crippen LogP contribution in [0.25, 0.3) is 0 Å². The normalized spacial score (nSPS) is 17.5. The molecule has 25 heavy (non-hydrogen) atoms. The molecule has 1 aromatic carbocycles. The van der Waals surface area contributed by atoms with Crippen LogP contribution in [0.3, 0.4) is 0 Å². The maximum absolute atomic E-state index is 13.4. The Hall–Kier alpha value is -1.85. The summed E-state index contributed by atoms with van der Waals surface area (Å²) in [5.41, 5.74) is 3.68. The molecule has 132 valence electrons. The fourth-order valence-electron chi connectivity index (χ4n) is 3.93. The van der Waals surface area contributed by atoms with E-state index in [4.69, 9.17) is 11.6 Å². The Morgan fingerprint density at radius 1 is 1.28 bits per heavy atom. The zero-order chi connectivity index (χ0) is 17.2. The number of hydrogen-bond donors (Lipinski definition) is 2. The Kier molecular flexibility index (Phi) is 4.77. The van der Waals surface area contributed by atoms with E-state index in [9.17, 15) is 4.79 Å². The summed E-state index contributed by atoms with van der Waals surface area (Å²) in [5.74, 6) is 0.0213. The van der Waals surface area contributed by atoms with Crippen molar-refractivity contribution >= 4 is 17.5 Å². The third kappa shape index (κ3) is 3.31. The molecule has 4 rings (SSSR count). The highest BCUT2D eigenvalue weighted by molar-refractivity contribution is 6.31. The van der Waals surface area contributed by atoms with Crippen molar-refractivity contribution in [3.8, 4) is 0 Å². The lowest BCUT2D eigenvalue weighted by atomic mass is 10.0. The Bertz CT molecular complexity index is 767. The summed E-state index contributed by atoms with van der Waals surface area (Å²) in [6.45, 7) is 2.17. The van der Waals surface area contributed by atoms with Gasteiger partial charge in [-0.05, 0) is 24.5 Å². The molecule has 1 aromatic heterocycles. The number of nitrogens with one attached hydrogen (secondary N) is 2. The summed E-state index contributed by atoms with van der Waals surface area (Å²) in [7, 11) is 0.